The predicted molar refractivity (Wildman–Crippen MR) is 134 cm³/mol. The number of ketones is 1. The molecule has 0 N–H and O–H groups in total. The molecule has 0 aromatic heterocycles. The molecule has 2 fully saturated rings. The van der Waals surface area contributed by atoms with Gasteiger partial charge in [0, 0.05) is 30.8 Å². The predicted octanol–water partition coefficient (Wildman–Crippen LogP) is 5.80. The van der Waals surface area contributed by atoms with E-state index < -0.39 is 0 Å². The summed E-state index contributed by atoms with van der Waals surface area (Å²) in [6, 6.07) is 17.9. The molecule has 0 bridgehead atoms. The first-order valence-electron chi connectivity index (χ1n) is 12.9. The molecule has 2 aliphatic carbocycles. The Bertz CT molecular complexity index is 1080. The van der Waals surface area contributed by atoms with Crippen molar-refractivity contribution in [3.8, 4) is 0 Å². The Labute approximate surface area is 207 Å². The lowest BCUT2D eigenvalue weighted by molar-refractivity contribution is -0.137. The lowest BCUT2D eigenvalue weighted by Gasteiger charge is -2.51. The fourth-order valence-electron chi connectivity index (χ4n) is 5.92. The summed E-state index contributed by atoms with van der Waals surface area (Å²) >= 11 is 0. The van der Waals surface area contributed by atoms with Crippen LogP contribution >= 0.6 is 0 Å². The highest BCUT2D eigenvalue weighted by Crippen LogP contribution is 2.51. The molecule has 6 heteroatoms. The third-order valence-corrected chi connectivity index (χ3v) is 7.65. The lowest BCUT2D eigenvalue weighted by Crippen LogP contribution is -2.55. The van der Waals surface area contributed by atoms with Crippen molar-refractivity contribution in [2.45, 2.75) is 83.0 Å². The van der Waals surface area contributed by atoms with E-state index in [1.165, 1.54) is 0 Å². The Morgan fingerprint density at radius 2 is 1.63 bits per heavy atom. The first-order chi connectivity index (χ1) is 17.0. The number of carbonyl (C=O) groups excluding carboxylic acids is 3. The Balaban J connectivity index is 1.48. The largest absolute Gasteiger partial charge is 0.444 e. The van der Waals surface area contributed by atoms with Gasteiger partial charge in [0.25, 0.3) is 0 Å². The van der Waals surface area contributed by atoms with Crippen molar-refractivity contribution >= 4 is 23.5 Å². The van der Waals surface area contributed by atoms with E-state index in [-0.39, 0.29) is 61.3 Å². The average molecular weight is 475 g/mol. The minimum Gasteiger partial charge on any atom is -0.444 e. The van der Waals surface area contributed by atoms with Crippen LogP contribution in [-0.2, 0) is 20.9 Å². The van der Waals surface area contributed by atoms with Crippen LogP contribution in [0.25, 0.3) is 0 Å². The van der Waals surface area contributed by atoms with Crippen molar-refractivity contribution in [3.63, 3.8) is 0 Å². The number of fused-ring (bicyclic) bond motifs is 2. The first kappa shape index (κ1) is 23.6. The van der Waals surface area contributed by atoms with Crippen molar-refractivity contribution in [1.82, 2.24) is 4.90 Å². The third kappa shape index (κ3) is 4.97. The molecule has 0 radical (unpaired) electrons. The lowest BCUT2D eigenvalue weighted by atomic mass is 9.72. The molecule has 2 saturated carbocycles. The van der Waals surface area contributed by atoms with Crippen molar-refractivity contribution in [2.75, 3.05) is 4.90 Å². The van der Waals surface area contributed by atoms with Gasteiger partial charge in [-0.2, -0.15) is 0 Å². The van der Waals surface area contributed by atoms with Crippen LogP contribution in [0.1, 0.15) is 75.5 Å². The van der Waals surface area contributed by atoms with Gasteiger partial charge in [0.1, 0.15) is 12.4 Å². The maximum atomic E-state index is 13.5. The van der Waals surface area contributed by atoms with Crippen molar-refractivity contribution in [2.24, 2.45) is 5.92 Å². The molecule has 6 nitrogen and oxygen atoms in total. The molecule has 1 aliphatic heterocycles. The van der Waals surface area contributed by atoms with Crippen LogP contribution in [0.2, 0.25) is 0 Å². The number of Topliss-reactive ketones (excluding diaryl/α,β-unsaturated/α-hetero) is 1. The molecule has 0 saturated heterocycles. The van der Waals surface area contributed by atoms with E-state index in [9.17, 15) is 14.4 Å². The second-order valence-corrected chi connectivity index (χ2v) is 10.2. The van der Waals surface area contributed by atoms with Gasteiger partial charge in [-0.15, -0.1) is 0 Å². The normalized spacial score (nSPS) is 23.1. The summed E-state index contributed by atoms with van der Waals surface area (Å²) < 4.78 is 5.81. The molecule has 1 heterocycles. The van der Waals surface area contributed by atoms with Crippen molar-refractivity contribution in [3.05, 3.63) is 65.7 Å². The number of nitrogens with zero attached hydrogens (tertiary/aromatic N) is 2. The highest BCUT2D eigenvalue weighted by molar-refractivity contribution is 5.91. The van der Waals surface area contributed by atoms with Crippen molar-refractivity contribution < 1.29 is 19.1 Å². The van der Waals surface area contributed by atoms with Gasteiger partial charge in [-0.25, -0.2) is 4.79 Å². The van der Waals surface area contributed by atoms with E-state index in [1.54, 1.807) is 6.92 Å². The number of amides is 2. The molecular formula is C29H34N2O4. The van der Waals surface area contributed by atoms with Crippen LogP contribution in [0.4, 0.5) is 10.5 Å². The second-order valence-electron chi connectivity index (χ2n) is 10.2. The molecule has 35 heavy (non-hydrogen) atoms. The van der Waals surface area contributed by atoms with Crippen LogP contribution in [-0.4, -0.2) is 34.8 Å². The number of para-hydroxylation sites is 1. The van der Waals surface area contributed by atoms with Crippen LogP contribution in [0.5, 0.6) is 0 Å². The molecule has 184 valence electrons. The smallest absolute Gasteiger partial charge is 0.414 e. The first-order valence-corrected chi connectivity index (χ1v) is 12.9. The molecule has 3 unspecified atom stereocenters. The van der Waals surface area contributed by atoms with Crippen LogP contribution in [0.3, 0.4) is 0 Å². The number of anilines is 1. The standard InChI is InChI=1S/C29H34N2O4/c1-20(32)15-18-27(33)30(22-16-17-22)28-23-11-5-7-13-25(23)31(26-14-8-6-12-24(26)28)29(34)35-19-21-9-3-2-4-10-21/h2-5,7,9-11,13,22,24,26,28H,6,8,12,14-19H2,1H3. The quantitative estimate of drug-likeness (QED) is 0.508. The van der Waals surface area contributed by atoms with E-state index >= 15 is 0 Å². The summed E-state index contributed by atoms with van der Waals surface area (Å²) in [5.41, 5.74) is 2.83. The summed E-state index contributed by atoms with van der Waals surface area (Å²) in [5.74, 6) is 0.262. The zero-order chi connectivity index (χ0) is 24.4. The minimum absolute atomic E-state index is 0.00576. The number of carbonyl (C=O) groups is 3. The van der Waals surface area contributed by atoms with Crippen LogP contribution < -0.4 is 4.90 Å². The summed E-state index contributed by atoms with van der Waals surface area (Å²) in [6.07, 6.45) is 6.23. The molecule has 5 rings (SSSR count). The van der Waals surface area contributed by atoms with E-state index in [0.29, 0.717) is 0 Å². The summed E-state index contributed by atoms with van der Waals surface area (Å²) in [7, 11) is 0. The van der Waals surface area contributed by atoms with Gasteiger partial charge in [-0.1, -0.05) is 61.4 Å². The van der Waals surface area contributed by atoms with E-state index in [1.807, 2.05) is 53.4 Å². The SMILES string of the molecule is CC(=O)CCC(=O)N(C1CC1)C1c2ccccc2N(C(=O)OCc2ccccc2)C2CCCCC21. The minimum atomic E-state index is -0.322. The summed E-state index contributed by atoms with van der Waals surface area (Å²) in [4.78, 5) is 42.5. The molecule has 2 aromatic carbocycles. The topological polar surface area (TPSA) is 66.9 Å². The number of rotatable bonds is 7. The molecule has 2 amide bonds. The van der Waals surface area contributed by atoms with Gasteiger partial charge in [-0.05, 0) is 49.8 Å². The van der Waals surface area contributed by atoms with Gasteiger partial charge in [0.05, 0.1) is 11.7 Å². The maximum absolute atomic E-state index is 13.5. The average Bonchev–Trinajstić information content (AvgIpc) is 3.71. The van der Waals surface area contributed by atoms with Gasteiger partial charge >= 0.3 is 6.09 Å². The van der Waals surface area contributed by atoms with Gasteiger partial charge < -0.3 is 14.4 Å². The Morgan fingerprint density at radius 1 is 0.914 bits per heavy atom. The van der Waals surface area contributed by atoms with Gasteiger partial charge in [0.15, 0.2) is 0 Å². The Hall–Kier alpha value is -3.15. The van der Waals surface area contributed by atoms with E-state index in [0.717, 1.165) is 55.3 Å². The zero-order valence-corrected chi connectivity index (χ0v) is 20.4. The van der Waals surface area contributed by atoms with E-state index in [4.69, 9.17) is 4.74 Å². The number of ether oxygens (including phenoxy) is 1. The Morgan fingerprint density at radius 3 is 2.37 bits per heavy atom. The molecule has 0 spiro atoms. The third-order valence-electron chi connectivity index (χ3n) is 7.65. The van der Waals surface area contributed by atoms with Crippen LogP contribution in [0, 0.1) is 5.92 Å². The number of benzene rings is 2. The highest BCUT2D eigenvalue weighted by atomic mass is 16.6. The monoisotopic (exact) mass is 474 g/mol. The van der Waals surface area contributed by atoms with Crippen molar-refractivity contribution in [1.29, 1.82) is 0 Å². The Kier molecular flexibility index (Phi) is 6.89. The summed E-state index contributed by atoms with van der Waals surface area (Å²) in [5, 5.41) is 0. The maximum Gasteiger partial charge on any atom is 0.414 e. The fraction of sp³-hybridized carbons (Fsp3) is 0.483. The molecule has 3 atom stereocenters. The highest BCUT2D eigenvalue weighted by Gasteiger charge is 2.50. The molecule has 2 aromatic rings. The fourth-order valence-corrected chi connectivity index (χ4v) is 5.92. The zero-order valence-electron chi connectivity index (χ0n) is 20.4. The molecular weight excluding hydrogens is 440 g/mol. The van der Waals surface area contributed by atoms with Gasteiger partial charge in [0.2, 0.25) is 5.91 Å². The second kappa shape index (κ2) is 10.2. The van der Waals surface area contributed by atoms with Crippen LogP contribution in [0.15, 0.2) is 54.6 Å². The van der Waals surface area contributed by atoms with E-state index in [2.05, 4.69) is 11.0 Å². The number of hydrogen-bond donors (Lipinski definition) is 0. The summed E-state index contributed by atoms with van der Waals surface area (Å²) in [6.45, 7) is 1.78. The molecule has 3 aliphatic rings. The van der Waals surface area contributed by atoms with Gasteiger partial charge in [-0.3, -0.25) is 9.69 Å². The number of hydrogen-bond acceptors (Lipinski definition) is 4.